The predicted octanol–water partition coefficient (Wildman–Crippen LogP) is -1.62. The zero-order valence-electron chi connectivity index (χ0n) is 17.8. The number of amides is 4. The maximum atomic E-state index is 12.9. The van der Waals surface area contributed by atoms with Crippen molar-refractivity contribution in [3.8, 4) is 5.75 Å². The molecule has 0 aliphatic carbocycles. The average Bonchev–Trinajstić information content (AvgIpc) is 2.96. The summed E-state index contributed by atoms with van der Waals surface area (Å²) in [6, 6.07) is 1.08. The predicted molar refractivity (Wildman–Crippen MR) is 116 cm³/mol. The van der Waals surface area contributed by atoms with Crippen LogP contribution in [0.4, 0.5) is 0 Å². The molecule has 2 heterocycles. The number of hydrogen-bond acceptors (Lipinski definition) is 9. The second-order valence-electron chi connectivity index (χ2n) is 8.40. The number of phenolic OH excluding ortho intramolecular Hbond substituents is 1. The van der Waals surface area contributed by atoms with E-state index in [-0.39, 0.29) is 5.75 Å². The minimum absolute atomic E-state index is 0.0549. The number of carboxylic acid groups (broad SMARTS) is 1. The molecule has 12 nitrogen and oxygen atoms in total. The zero-order valence-corrected chi connectivity index (χ0v) is 18.7. The van der Waals surface area contributed by atoms with Crippen molar-refractivity contribution >= 4 is 41.4 Å². The summed E-state index contributed by atoms with van der Waals surface area (Å²) in [6.07, 6.45) is -0.461. The van der Waals surface area contributed by atoms with Crippen molar-refractivity contribution in [2.24, 2.45) is 11.5 Å². The van der Waals surface area contributed by atoms with Crippen molar-refractivity contribution < 1.29 is 34.2 Å². The highest BCUT2D eigenvalue weighted by molar-refractivity contribution is 8.01. The van der Waals surface area contributed by atoms with Crippen molar-refractivity contribution in [2.75, 3.05) is 0 Å². The van der Waals surface area contributed by atoms with Gasteiger partial charge in [-0.2, -0.15) is 0 Å². The minimum Gasteiger partial charge on any atom is -0.508 e. The molecule has 3 rings (SSSR count). The molecule has 2 saturated heterocycles. The molecule has 5 atom stereocenters. The zero-order chi connectivity index (χ0) is 24.7. The number of phenols is 1. The van der Waals surface area contributed by atoms with Crippen LogP contribution in [0.25, 0.3) is 0 Å². The van der Waals surface area contributed by atoms with Gasteiger partial charge in [0, 0.05) is 4.75 Å². The Labute approximate surface area is 193 Å². The van der Waals surface area contributed by atoms with Crippen molar-refractivity contribution in [1.29, 1.82) is 0 Å². The number of aromatic hydroxyl groups is 1. The molecule has 8 N–H and O–H groups in total. The third kappa shape index (κ3) is 4.79. The van der Waals surface area contributed by atoms with E-state index in [2.05, 4.69) is 10.6 Å². The lowest BCUT2D eigenvalue weighted by molar-refractivity contribution is -0.160. The van der Waals surface area contributed by atoms with Gasteiger partial charge in [0.1, 0.15) is 29.2 Å². The molecule has 2 fully saturated rings. The number of hydrogen-bond donors (Lipinski definition) is 6. The Kier molecular flexibility index (Phi) is 6.68. The topological polar surface area (TPSA) is 205 Å². The second kappa shape index (κ2) is 9.00. The highest BCUT2D eigenvalue weighted by atomic mass is 32.2. The van der Waals surface area contributed by atoms with Crippen LogP contribution in [-0.4, -0.2) is 73.0 Å². The summed E-state index contributed by atoms with van der Waals surface area (Å²) in [7, 11) is 0. The number of benzene rings is 1. The molecule has 0 spiro atoms. The number of carbonyl (C=O) groups is 5. The van der Waals surface area contributed by atoms with Gasteiger partial charge in [-0.15, -0.1) is 11.8 Å². The van der Waals surface area contributed by atoms with E-state index in [1.807, 2.05) is 0 Å². The highest BCUT2D eigenvalue weighted by Crippen LogP contribution is 2.51. The molecule has 178 valence electrons. The fourth-order valence-electron chi connectivity index (χ4n) is 3.93. The first kappa shape index (κ1) is 24.5. The third-order valence-corrected chi connectivity index (χ3v) is 7.09. The third-order valence-electron chi connectivity index (χ3n) is 5.51. The van der Waals surface area contributed by atoms with Gasteiger partial charge in [0.15, 0.2) is 0 Å². The minimum atomic E-state index is -1.34. The van der Waals surface area contributed by atoms with Gasteiger partial charge >= 0.3 is 5.97 Å². The fraction of sp³-hybridized carbons (Fsp3) is 0.450. The summed E-state index contributed by atoms with van der Waals surface area (Å²) in [5.74, 6) is -4.24. The number of β-lactam (4-membered cyclic amide) rings is 1. The SMILES string of the molecule is CC1(C)SC2C(N[C@H](C(=O)NC(=O)[C@H](N)CC(N)=O)c3ccc(O)cc3)C(=O)N2C1C(=O)O. The number of nitrogens with two attached hydrogens (primary N) is 2. The number of carbonyl (C=O) groups excluding carboxylic acids is 4. The maximum Gasteiger partial charge on any atom is 0.327 e. The smallest absolute Gasteiger partial charge is 0.327 e. The van der Waals surface area contributed by atoms with Crippen LogP contribution in [0, 0.1) is 0 Å². The van der Waals surface area contributed by atoms with Crippen molar-refractivity contribution in [3.05, 3.63) is 29.8 Å². The molecule has 1 aromatic rings. The van der Waals surface area contributed by atoms with Crippen molar-refractivity contribution in [1.82, 2.24) is 15.5 Å². The molecule has 0 radical (unpaired) electrons. The van der Waals surface area contributed by atoms with Gasteiger partial charge in [-0.05, 0) is 31.5 Å². The van der Waals surface area contributed by atoms with Crippen LogP contribution in [0.3, 0.4) is 0 Å². The van der Waals surface area contributed by atoms with Gasteiger partial charge in [0.2, 0.25) is 23.6 Å². The van der Waals surface area contributed by atoms with Crippen molar-refractivity contribution in [2.45, 2.75) is 54.6 Å². The standard InChI is InChI=1S/C20H25N5O7S/c1-20(2)14(19(31)32)25-17(30)13(18(25)33-20)23-12(8-3-5-9(26)6-4-8)16(29)24-15(28)10(21)7-11(22)27/h3-6,10,12-14,18,23,26H,7,21H2,1-2H3,(H2,22,27)(H,31,32)(H,24,28,29)/t10-,12+,13?,14?,18?/m1/s1. The highest BCUT2D eigenvalue weighted by Gasteiger charge is 2.64. The van der Waals surface area contributed by atoms with Crippen LogP contribution in [0.15, 0.2) is 24.3 Å². The van der Waals surface area contributed by atoms with E-state index in [1.54, 1.807) is 13.8 Å². The van der Waals surface area contributed by atoms with E-state index in [9.17, 15) is 34.2 Å². The number of rotatable bonds is 8. The van der Waals surface area contributed by atoms with E-state index in [1.165, 1.54) is 40.9 Å². The maximum absolute atomic E-state index is 12.9. The lowest BCUT2D eigenvalue weighted by atomic mass is 9.95. The number of carboxylic acids is 1. The first-order chi connectivity index (χ1) is 15.3. The largest absolute Gasteiger partial charge is 0.508 e. The average molecular weight is 480 g/mol. The number of primary amides is 1. The normalized spacial score (nSPS) is 24.9. The number of imide groups is 1. The second-order valence-corrected chi connectivity index (χ2v) is 10.2. The van der Waals surface area contributed by atoms with Crippen LogP contribution >= 0.6 is 11.8 Å². The first-order valence-electron chi connectivity index (χ1n) is 10.00. The van der Waals surface area contributed by atoms with E-state index < -0.39 is 70.3 Å². The van der Waals surface area contributed by atoms with E-state index in [0.29, 0.717) is 5.56 Å². The van der Waals surface area contributed by atoms with Gasteiger partial charge in [-0.3, -0.25) is 29.8 Å². The molecule has 2 aliphatic rings. The number of fused-ring (bicyclic) bond motifs is 1. The Morgan fingerprint density at radius 1 is 1.18 bits per heavy atom. The molecule has 0 saturated carbocycles. The molecule has 0 bridgehead atoms. The lowest BCUT2D eigenvalue weighted by Crippen LogP contribution is -2.70. The summed E-state index contributed by atoms with van der Waals surface area (Å²) in [4.78, 5) is 62.0. The molecule has 1 aromatic carbocycles. The Morgan fingerprint density at radius 3 is 2.33 bits per heavy atom. The quantitative estimate of drug-likeness (QED) is 0.235. The van der Waals surface area contributed by atoms with Crippen LogP contribution < -0.4 is 22.1 Å². The summed E-state index contributed by atoms with van der Waals surface area (Å²) in [5.41, 5.74) is 11.0. The molecule has 4 amide bonds. The summed E-state index contributed by atoms with van der Waals surface area (Å²) >= 11 is 1.29. The summed E-state index contributed by atoms with van der Waals surface area (Å²) < 4.78 is -0.754. The van der Waals surface area contributed by atoms with Crippen LogP contribution in [0.5, 0.6) is 5.75 Å². The Hall–Kier alpha value is -3.16. The Bertz CT molecular complexity index is 999. The first-order valence-corrected chi connectivity index (χ1v) is 10.9. The van der Waals surface area contributed by atoms with Gasteiger partial charge in [-0.25, -0.2) is 4.79 Å². The molecular weight excluding hydrogens is 454 g/mol. The molecule has 3 unspecified atom stereocenters. The van der Waals surface area contributed by atoms with Gasteiger partial charge in [0.05, 0.1) is 12.5 Å². The summed E-state index contributed by atoms with van der Waals surface area (Å²) in [5, 5.41) is 23.6. The fourth-order valence-corrected chi connectivity index (χ4v) is 5.57. The summed E-state index contributed by atoms with van der Waals surface area (Å²) in [6.45, 7) is 3.45. The van der Waals surface area contributed by atoms with E-state index >= 15 is 0 Å². The number of aliphatic carboxylic acids is 1. The van der Waals surface area contributed by atoms with E-state index in [0.717, 1.165) is 0 Å². The van der Waals surface area contributed by atoms with Crippen LogP contribution in [0.1, 0.15) is 31.9 Å². The number of nitrogens with zero attached hydrogens (tertiary/aromatic N) is 1. The molecular formula is C20H25N5O7S. The number of nitrogens with one attached hydrogen (secondary N) is 2. The number of thioether (sulfide) groups is 1. The monoisotopic (exact) mass is 479 g/mol. The molecule has 0 aromatic heterocycles. The van der Waals surface area contributed by atoms with E-state index in [4.69, 9.17) is 11.5 Å². The van der Waals surface area contributed by atoms with Crippen LogP contribution in [-0.2, 0) is 24.0 Å². The molecule has 13 heteroatoms. The van der Waals surface area contributed by atoms with Gasteiger partial charge < -0.3 is 26.6 Å². The Balaban J connectivity index is 1.82. The molecule has 2 aliphatic heterocycles. The van der Waals surface area contributed by atoms with Gasteiger partial charge in [0.25, 0.3) is 0 Å². The van der Waals surface area contributed by atoms with Gasteiger partial charge in [-0.1, -0.05) is 12.1 Å². The lowest BCUT2D eigenvalue weighted by Gasteiger charge is -2.45. The molecule has 33 heavy (non-hydrogen) atoms. The van der Waals surface area contributed by atoms with Crippen molar-refractivity contribution in [3.63, 3.8) is 0 Å². The Morgan fingerprint density at radius 2 is 1.79 bits per heavy atom. The van der Waals surface area contributed by atoms with Crippen LogP contribution in [0.2, 0.25) is 0 Å².